The normalized spacial score (nSPS) is 24.1. The molecule has 1 heterocycles. The quantitative estimate of drug-likeness (QED) is 0.625. The van der Waals surface area contributed by atoms with Crippen LogP contribution in [0.15, 0.2) is 0 Å². The van der Waals surface area contributed by atoms with Gasteiger partial charge in [0.1, 0.15) is 0 Å². The largest absolute Gasteiger partial charge is 0.481 e. The molecule has 0 aromatic carbocycles. The molecule has 0 aromatic heterocycles. The van der Waals surface area contributed by atoms with Crippen LogP contribution in [0.1, 0.15) is 52.4 Å². The molecule has 1 saturated heterocycles. The molecule has 0 spiro atoms. The van der Waals surface area contributed by atoms with Crippen LogP contribution >= 0.6 is 0 Å². The maximum atomic E-state index is 12.4. The van der Waals surface area contributed by atoms with Crippen LogP contribution in [0.3, 0.4) is 0 Å². The van der Waals surface area contributed by atoms with Gasteiger partial charge in [-0.25, -0.2) is 0 Å². The molecule has 1 fully saturated rings. The van der Waals surface area contributed by atoms with E-state index in [4.69, 9.17) is 5.11 Å². The number of carboxylic acids is 1. The first-order valence-electron chi connectivity index (χ1n) is 7.23. The molecular weight excluding hydrogens is 244 g/mol. The Labute approximate surface area is 115 Å². The first-order chi connectivity index (χ1) is 9.00. The molecule has 0 bridgehead atoms. The van der Waals surface area contributed by atoms with Crippen LogP contribution in [-0.2, 0) is 9.59 Å². The van der Waals surface area contributed by atoms with Gasteiger partial charge < -0.3 is 15.7 Å². The van der Waals surface area contributed by atoms with E-state index in [0.29, 0.717) is 12.8 Å². The summed E-state index contributed by atoms with van der Waals surface area (Å²) in [5, 5.41) is 14.9. The molecule has 5 nitrogen and oxygen atoms in total. The fourth-order valence-corrected chi connectivity index (χ4v) is 2.75. The molecule has 1 amide bonds. The zero-order valence-corrected chi connectivity index (χ0v) is 12.0. The first kappa shape index (κ1) is 16.0. The molecule has 1 aliphatic rings. The SMILES string of the molecule is CCCC1(C(=O)NC(C)CCCC(=O)O)CCNC1. The predicted molar refractivity (Wildman–Crippen MR) is 73.9 cm³/mol. The minimum absolute atomic E-state index is 0.0428. The molecule has 3 N–H and O–H groups in total. The van der Waals surface area contributed by atoms with Gasteiger partial charge >= 0.3 is 5.97 Å². The molecule has 110 valence electrons. The zero-order valence-electron chi connectivity index (χ0n) is 12.0. The molecule has 0 aliphatic carbocycles. The minimum atomic E-state index is -0.777. The van der Waals surface area contributed by atoms with Crippen molar-refractivity contribution in [2.24, 2.45) is 5.41 Å². The Hall–Kier alpha value is -1.10. The lowest BCUT2D eigenvalue weighted by atomic mass is 9.81. The third-order valence-electron chi connectivity index (χ3n) is 3.86. The van der Waals surface area contributed by atoms with Crippen LogP contribution in [0, 0.1) is 5.41 Å². The van der Waals surface area contributed by atoms with Crippen LogP contribution in [0.4, 0.5) is 0 Å². The number of hydrogen-bond acceptors (Lipinski definition) is 3. The Morgan fingerprint density at radius 3 is 2.74 bits per heavy atom. The molecule has 5 heteroatoms. The predicted octanol–water partition coefficient (Wildman–Crippen LogP) is 1.53. The van der Waals surface area contributed by atoms with Gasteiger partial charge in [0.15, 0.2) is 0 Å². The van der Waals surface area contributed by atoms with Gasteiger partial charge in [-0.15, -0.1) is 0 Å². The molecule has 1 rings (SSSR count). The summed E-state index contributed by atoms with van der Waals surface area (Å²) in [5.41, 5.74) is -0.254. The summed E-state index contributed by atoms with van der Waals surface area (Å²) >= 11 is 0. The van der Waals surface area contributed by atoms with E-state index < -0.39 is 5.97 Å². The van der Waals surface area contributed by atoms with Crippen molar-refractivity contribution in [1.29, 1.82) is 0 Å². The fraction of sp³-hybridized carbons (Fsp3) is 0.857. The second kappa shape index (κ2) is 7.48. The fourth-order valence-electron chi connectivity index (χ4n) is 2.75. The summed E-state index contributed by atoms with van der Waals surface area (Å²) in [6.45, 7) is 5.71. The molecule has 1 aliphatic heterocycles. The zero-order chi connectivity index (χ0) is 14.3. The highest BCUT2D eigenvalue weighted by atomic mass is 16.4. The van der Waals surface area contributed by atoms with E-state index in [1.807, 2.05) is 6.92 Å². The number of rotatable bonds is 8. The lowest BCUT2D eigenvalue weighted by molar-refractivity contribution is -0.137. The standard InChI is InChI=1S/C14H26N2O3/c1-3-7-14(8-9-15-10-14)13(19)16-11(2)5-4-6-12(17)18/h11,15H,3-10H2,1-2H3,(H,16,19)(H,17,18). The number of hydrogen-bond donors (Lipinski definition) is 3. The Morgan fingerprint density at radius 1 is 1.47 bits per heavy atom. The maximum Gasteiger partial charge on any atom is 0.303 e. The Kier molecular flexibility index (Phi) is 6.28. The van der Waals surface area contributed by atoms with E-state index in [2.05, 4.69) is 17.6 Å². The topological polar surface area (TPSA) is 78.4 Å². The third-order valence-corrected chi connectivity index (χ3v) is 3.86. The van der Waals surface area contributed by atoms with Crippen molar-refractivity contribution in [2.45, 2.75) is 58.4 Å². The van der Waals surface area contributed by atoms with Crippen molar-refractivity contribution in [3.8, 4) is 0 Å². The van der Waals surface area contributed by atoms with Gasteiger partial charge in [0, 0.05) is 19.0 Å². The van der Waals surface area contributed by atoms with E-state index in [-0.39, 0.29) is 23.8 Å². The van der Waals surface area contributed by atoms with Gasteiger partial charge in [-0.2, -0.15) is 0 Å². The molecular formula is C14H26N2O3. The average Bonchev–Trinajstić information content (AvgIpc) is 2.78. The molecule has 19 heavy (non-hydrogen) atoms. The third kappa shape index (κ3) is 4.82. The van der Waals surface area contributed by atoms with E-state index in [1.54, 1.807) is 0 Å². The van der Waals surface area contributed by atoms with Crippen molar-refractivity contribution in [2.75, 3.05) is 13.1 Å². The van der Waals surface area contributed by atoms with Gasteiger partial charge in [0.2, 0.25) is 5.91 Å². The number of amides is 1. The summed E-state index contributed by atoms with van der Waals surface area (Å²) in [6.07, 6.45) is 4.30. The van der Waals surface area contributed by atoms with Gasteiger partial charge in [0.05, 0.1) is 5.41 Å². The number of carbonyl (C=O) groups is 2. The van der Waals surface area contributed by atoms with E-state index >= 15 is 0 Å². The van der Waals surface area contributed by atoms with Crippen molar-refractivity contribution < 1.29 is 14.7 Å². The minimum Gasteiger partial charge on any atom is -0.481 e. The lowest BCUT2D eigenvalue weighted by Gasteiger charge is -2.28. The second-order valence-electron chi connectivity index (χ2n) is 5.62. The first-order valence-corrected chi connectivity index (χ1v) is 7.23. The van der Waals surface area contributed by atoms with E-state index in [9.17, 15) is 9.59 Å². The Balaban J connectivity index is 2.41. The van der Waals surface area contributed by atoms with E-state index in [1.165, 1.54) is 0 Å². The van der Waals surface area contributed by atoms with Crippen molar-refractivity contribution in [3.63, 3.8) is 0 Å². The number of nitrogens with one attached hydrogen (secondary N) is 2. The smallest absolute Gasteiger partial charge is 0.303 e. The Bertz CT molecular complexity index is 312. The monoisotopic (exact) mass is 270 g/mol. The summed E-state index contributed by atoms with van der Waals surface area (Å²) in [6, 6.07) is 0.0428. The van der Waals surface area contributed by atoms with Crippen LogP contribution in [-0.4, -0.2) is 36.1 Å². The van der Waals surface area contributed by atoms with Crippen molar-refractivity contribution in [3.05, 3.63) is 0 Å². The Morgan fingerprint density at radius 2 is 2.21 bits per heavy atom. The highest BCUT2D eigenvalue weighted by molar-refractivity contribution is 5.83. The summed E-state index contributed by atoms with van der Waals surface area (Å²) in [7, 11) is 0. The van der Waals surface area contributed by atoms with Gasteiger partial charge in [-0.05, 0) is 39.2 Å². The van der Waals surface area contributed by atoms with Crippen LogP contribution < -0.4 is 10.6 Å². The summed E-state index contributed by atoms with van der Waals surface area (Å²) < 4.78 is 0. The molecule has 2 atom stereocenters. The summed E-state index contributed by atoms with van der Waals surface area (Å²) in [5.74, 6) is -0.650. The number of carbonyl (C=O) groups excluding carboxylic acids is 1. The highest BCUT2D eigenvalue weighted by Gasteiger charge is 2.40. The van der Waals surface area contributed by atoms with Gasteiger partial charge in [-0.3, -0.25) is 9.59 Å². The number of carboxylic acid groups (broad SMARTS) is 1. The highest BCUT2D eigenvalue weighted by Crippen LogP contribution is 2.31. The molecule has 2 unspecified atom stereocenters. The molecule has 0 radical (unpaired) electrons. The molecule has 0 saturated carbocycles. The van der Waals surface area contributed by atoms with Crippen molar-refractivity contribution in [1.82, 2.24) is 10.6 Å². The van der Waals surface area contributed by atoms with Crippen LogP contribution in [0.2, 0.25) is 0 Å². The lowest BCUT2D eigenvalue weighted by Crippen LogP contribution is -2.46. The van der Waals surface area contributed by atoms with Crippen LogP contribution in [0.5, 0.6) is 0 Å². The van der Waals surface area contributed by atoms with Gasteiger partial charge in [0.25, 0.3) is 0 Å². The van der Waals surface area contributed by atoms with Crippen LogP contribution in [0.25, 0.3) is 0 Å². The molecule has 0 aromatic rings. The average molecular weight is 270 g/mol. The second-order valence-corrected chi connectivity index (χ2v) is 5.62. The van der Waals surface area contributed by atoms with Crippen molar-refractivity contribution >= 4 is 11.9 Å². The number of aliphatic carboxylic acids is 1. The maximum absolute atomic E-state index is 12.4. The van der Waals surface area contributed by atoms with E-state index in [0.717, 1.165) is 32.4 Å². The van der Waals surface area contributed by atoms with Gasteiger partial charge in [-0.1, -0.05) is 13.3 Å². The summed E-state index contributed by atoms with van der Waals surface area (Å²) in [4.78, 5) is 22.8.